The van der Waals surface area contributed by atoms with Crippen LogP contribution in [0, 0.1) is 11.6 Å². The van der Waals surface area contributed by atoms with Crippen molar-refractivity contribution in [1.82, 2.24) is 5.32 Å². The largest absolute Gasteiger partial charge is 0.349 e. The van der Waals surface area contributed by atoms with Gasteiger partial charge in [-0.25, -0.2) is 8.78 Å². The molecule has 0 heterocycles. The number of carbonyl (C=O) groups is 1. The van der Waals surface area contributed by atoms with E-state index < -0.39 is 11.6 Å². The highest BCUT2D eigenvalue weighted by Gasteiger charge is 2.24. The van der Waals surface area contributed by atoms with E-state index in [1.54, 1.807) is 0 Å². The van der Waals surface area contributed by atoms with Crippen molar-refractivity contribution in [2.75, 3.05) is 0 Å². The summed E-state index contributed by atoms with van der Waals surface area (Å²) in [6.45, 7) is 0. The molecule has 1 N–H and O–H groups in total. The fourth-order valence-corrected chi connectivity index (χ4v) is 1.57. The summed E-state index contributed by atoms with van der Waals surface area (Å²) in [5.74, 6) is -2.57. The Morgan fingerprint density at radius 3 is 2.69 bits per heavy atom. The van der Waals surface area contributed by atoms with Crippen LogP contribution < -0.4 is 5.32 Å². The monoisotopic (exact) mass is 245 g/mol. The van der Waals surface area contributed by atoms with Gasteiger partial charge in [-0.05, 0) is 25.0 Å². The van der Waals surface area contributed by atoms with Gasteiger partial charge in [-0.15, -0.1) is 11.6 Å². The van der Waals surface area contributed by atoms with Gasteiger partial charge in [-0.1, -0.05) is 0 Å². The summed E-state index contributed by atoms with van der Waals surface area (Å²) in [5.41, 5.74) is 0.115. The summed E-state index contributed by atoms with van der Waals surface area (Å²) < 4.78 is 26.3. The van der Waals surface area contributed by atoms with Crippen molar-refractivity contribution in [2.45, 2.75) is 24.8 Å². The summed E-state index contributed by atoms with van der Waals surface area (Å²) in [6.07, 6.45) is 1.88. The summed E-state index contributed by atoms with van der Waals surface area (Å²) in [4.78, 5) is 11.6. The number of amides is 1. The highest BCUT2D eigenvalue weighted by molar-refractivity contribution is 6.17. The highest BCUT2D eigenvalue weighted by atomic mass is 35.5. The smallest absolute Gasteiger partial charge is 0.251 e. The molecule has 0 unspecified atom stereocenters. The predicted molar refractivity (Wildman–Crippen MR) is 56.4 cm³/mol. The summed E-state index contributed by atoms with van der Waals surface area (Å²) in [7, 11) is 0. The van der Waals surface area contributed by atoms with Gasteiger partial charge >= 0.3 is 0 Å². The zero-order valence-electron chi connectivity index (χ0n) is 8.40. The number of hydrogen-bond donors (Lipinski definition) is 1. The Hall–Kier alpha value is -1.16. The standard InChI is InChI=1S/C11H10ClF2NO/c12-5-7-3-6(4-9(13)10(7)14)11(16)15-8-1-2-8/h3-4,8H,1-2,5H2,(H,15,16). The molecule has 1 aromatic carbocycles. The van der Waals surface area contributed by atoms with Crippen LogP contribution in [-0.2, 0) is 5.88 Å². The molecule has 0 atom stereocenters. The van der Waals surface area contributed by atoms with E-state index in [9.17, 15) is 13.6 Å². The second-order valence-electron chi connectivity index (χ2n) is 3.81. The highest BCUT2D eigenvalue weighted by Crippen LogP contribution is 2.21. The third kappa shape index (κ3) is 2.32. The van der Waals surface area contributed by atoms with Gasteiger partial charge in [0, 0.05) is 17.2 Å². The number of halogens is 3. The molecule has 86 valence electrons. The molecule has 1 aliphatic carbocycles. The van der Waals surface area contributed by atoms with Crippen LogP contribution in [0.5, 0.6) is 0 Å². The molecular formula is C11H10ClF2NO. The van der Waals surface area contributed by atoms with Crippen molar-refractivity contribution < 1.29 is 13.6 Å². The van der Waals surface area contributed by atoms with Gasteiger partial charge in [0.1, 0.15) is 0 Å². The average Bonchev–Trinajstić information content (AvgIpc) is 3.05. The van der Waals surface area contributed by atoms with Crippen molar-refractivity contribution in [2.24, 2.45) is 0 Å². The van der Waals surface area contributed by atoms with E-state index in [1.807, 2.05) is 0 Å². The van der Waals surface area contributed by atoms with Gasteiger partial charge in [-0.3, -0.25) is 4.79 Å². The molecule has 2 nitrogen and oxygen atoms in total. The molecule has 2 rings (SSSR count). The molecule has 0 bridgehead atoms. The molecule has 1 saturated carbocycles. The fraction of sp³-hybridized carbons (Fsp3) is 0.364. The normalized spacial score (nSPS) is 14.9. The van der Waals surface area contributed by atoms with E-state index in [0.717, 1.165) is 18.9 Å². The lowest BCUT2D eigenvalue weighted by Gasteiger charge is -2.06. The molecule has 1 amide bonds. The number of alkyl halides is 1. The molecule has 1 fully saturated rings. The first-order chi connectivity index (χ1) is 7.61. The van der Waals surface area contributed by atoms with Crippen LogP contribution in [-0.4, -0.2) is 11.9 Å². The minimum Gasteiger partial charge on any atom is -0.349 e. The van der Waals surface area contributed by atoms with Gasteiger partial charge < -0.3 is 5.32 Å². The van der Waals surface area contributed by atoms with E-state index in [-0.39, 0.29) is 29.0 Å². The van der Waals surface area contributed by atoms with Crippen molar-refractivity contribution in [1.29, 1.82) is 0 Å². The van der Waals surface area contributed by atoms with E-state index in [2.05, 4.69) is 5.32 Å². The van der Waals surface area contributed by atoms with Crippen LogP contribution in [0.3, 0.4) is 0 Å². The number of nitrogens with one attached hydrogen (secondary N) is 1. The van der Waals surface area contributed by atoms with Gasteiger partial charge in [0.25, 0.3) is 5.91 Å². The topological polar surface area (TPSA) is 29.1 Å². The molecule has 1 aliphatic rings. The Balaban J connectivity index is 2.25. The summed E-state index contributed by atoms with van der Waals surface area (Å²) in [5, 5.41) is 2.70. The number of hydrogen-bond acceptors (Lipinski definition) is 1. The summed E-state index contributed by atoms with van der Waals surface area (Å²) >= 11 is 5.46. The van der Waals surface area contributed by atoms with Gasteiger partial charge in [0.05, 0.1) is 5.88 Å². The van der Waals surface area contributed by atoms with Crippen LogP contribution in [0.25, 0.3) is 0 Å². The van der Waals surface area contributed by atoms with Crippen molar-refractivity contribution in [3.63, 3.8) is 0 Å². The van der Waals surface area contributed by atoms with Crippen LogP contribution in [0.4, 0.5) is 8.78 Å². The first-order valence-corrected chi connectivity index (χ1v) is 5.50. The number of carbonyl (C=O) groups excluding carboxylic acids is 1. The zero-order valence-corrected chi connectivity index (χ0v) is 9.15. The molecule has 5 heteroatoms. The SMILES string of the molecule is O=C(NC1CC1)c1cc(F)c(F)c(CCl)c1. The minimum atomic E-state index is -1.04. The van der Waals surface area contributed by atoms with Crippen LogP contribution in [0.2, 0.25) is 0 Å². The Kier molecular flexibility index (Phi) is 3.10. The Bertz CT molecular complexity index is 432. The molecule has 0 spiro atoms. The maximum atomic E-state index is 13.1. The Morgan fingerprint density at radius 1 is 1.44 bits per heavy atom. The Morgan fingerprint density at radius 2 is 2.12 bits per heavy atom. The van der Waals surface area contributed by atoms with Crippen LogP contribution >= 0.6 is 11.6 Å². The quantitative estimate of drug-likeness (QED) is 0.815. The average molecular weight is 246 g/mol. The van der Waals surface area contributed by atoms with Crippen LogP contribution in [0.1, 0.15) is 28.8 Å². The molecule has 0 radical (unpaired) electrons. The third-order valence-corrected chi connectivity index (χ3v) is 2.71. The third-order valence-electron chi connectivity index (χ3n) is 2.42. The molecule has 1 aromatic rings. The first kappa shape index (κ1) is 11.3. The van der Waals surface area contributed by atoms with E-state index in [0.29, 0.717) is 0 Å². The van der Waals surface area contributed by atoms with Gasteiger partial charge in [-0.2, -0.15) is 0 Å². The predicted octanol–water partition coefficient (Wildman–Crippen LogP) is 2.60. The molecule has 16 heavy (non-hydrogen) atoms. The van der Waals surface area contributed by atoms with Gasteiger partial charge in [0.15, 0.2) is 11.6 Å². The number of benzene rings is 1. The van der Waals surface area contributed by atoms with E-state index in [4.69, 9.17) is 11.6 Å². The summed E-state index contributed by atoms with van der Waals surface area (Å²) in [6, 6.07) is 2.35. The number of rotatable bonds is 3. The second-order valence-corrected chi connectivity index (χ2v) is 4.08. The van der Waals surface area contributed by atoms with E-state index >= 15 is 0 Å². The first-order valence-electron chi connectivity index (χ1n) is 4.96. The maximum absolute atomic E-state index is 13.1. The molecular weight excluding hydrogens is 236 g/mol. The molecule has 0 aromatic heterocycles. The zero-order chi connectivity index (χ0) is 11.7. The lowest BCUT2D eigenvalue weighted by Crippen LogP contribution is -2.25. The lowest BCUT2D eigenvalue weighted by molar-refractivity contribution is 0.0950. The lowest BCUT2D eigenvalue weighted by atomic mass is 10.1. The fourth-order valence-electron chi connectivity index (χ4n) is 1.37. The van der Waals surface area contributed by atoms with Crippen molar-refractivity contribution >= 4 is 17.5 Å². The molecule has 0 aliphatic heterocycles. The van der Waals surface area contributed by atoms with E-state index in [1.165, 1.54) is 6.07 Å². The van der Waals surface area contributed by atoms with Gasteiger partial charge in [0.2, 0.25) is 0 Å². The minimum absolute atomic E-state index is 0.00242. The van der Waals surface area contributed by atoms with Crippen molar-refractivity contribution in [3.05, 3.63) is 34.9 Å². The second kappa shape index (κ2) is 4.37. The van der Waals surface area contributed by atoms with Crippen LogP contribution in [0.15, 0.2) is 12.1 Å². The maximum Gasteiger partial charge on any atom is 0.251 e. The molecule has 0 saturated heterocycles. The van der Waals surface area contributed by atoms with Crippen molar-refractivity contribution in [3.8, 4) is 0 Å². The Labute approximate surface area is 96.6 Å².